The normalized spacial score (nSPS) is 27.2. The lowest BCUT2D eigenvalue weighted by atomic mass is 9.98. The average molecular weight is 244 g/mol. The highest BCUT2D eigenvalue weighted by Crippen LogP contribution is 2.33. The van der Waals surface area contributed by atoms with Gasteiger partial charge in [-0.15, -0.1) is 0 Å². The molecule has 0 spiro atoms. The molecule has 2 aliphatic heterocycles. The van der Waals surface area contributed by atoms with E-state index in [0.29, 0.717) is 0 Å². The van der Waals surface area contributed by atoms with E-state index in [4.69, 9.17) is 0 Å². The van der Waals surface area contributed by atoms with Crippen LogP contribution in [0.15, 0.2) is 24.3 Å². The van der Waals surface area contributed by atoms with Gasteiger partial charge in [-0.2, -0.15) is 0 Å². The van der Waals surface area contributed by atoms with Crippen LogP contribution in [-0.2, 0) is 0 Å². The summed E-state index contributed by atoms with van der Waals surface area (Å²) in [5.41, 5.74) is 2.89. The molecule has 98 valence electrons. The van der Waals surface area contributed by atoms with Crippen molar-refractivity contribution in [2.75, 3.05) is 31.5 Å². The van der Waals surface area contributed by atoms with Gasteiger partial charge < -0.3 is 10.2 Å². The van der Waals surface area contributed by atoms with Crippen molar-refractivity contribution < 1.29 is 0 Å². The van der Waals surface area contributed by atoms with Crippen LogP contribution < -0.4 is 5.32 Å². The number of anilines is 1. The standard InChI is InChI=1S/C16H24N2/c1-2-13-7-9-18(12-13)10-8-14-11-17-16-6-4-3-5-15(14)16/h3-6,13-14,17H,2,7-12H2,1H3. The van der Waals surface area contributed by atoms with E-state index in [2.05, 4.69) is 41.4 Å². The van der Waals surface area contributed by atoms with Crippen molar-refractivity contribution in [1.29, 1.82) is 0 Å². The van der Waals surface area contributed by atoms with E-state index in [0.717, 1.165) is 18.4 Å². The number of rotatable bonds is 4. The monoisotopic (exact) mass is 244 g/mol. The third kappa shape index (κ3) is 2.39. The molecule has 0 saturated carbocycles. The van der Waals surface area contributed by atoms with Crippen LogP contribution in [-0.4, -0.2) is 31.1 Å². The second-order valence-corrected chi connectivity index (χ2v) is 5.82. The smallest absolute Gasteiger partial charge is 0.0376 e. The zero-order valence-corrected chi connectivity index (χ0v) is 11.4. The molecule has 1 aromatic carbocycles. The predicted octanol–water partition coefficient (Wildman–Crippen LogP) is 3.32. The zero-order chi connectivity index (χ0) is 12.4. The topological polar surface area (TPSA) is 15.3 Å². The lowest BCUT2D eigenvalue weighted by Gasteiger charge is -2.18. The maximum Gasteiger partial charge on any atom is 0.0376 e. The van der Waals surface area contributed by atoms with E-state index in [1.807, 2.05) is 0 Å². The molecule has 1 fully saturated rings. The molecular weight excluding hydrogens is 220 g/mol. The van der Waals surface area contributed by atoms with Gasteiger partial charge in [0.2, 0.25) is 0 Å². The first-order valence-electron chi connectivity index (χ1n) is 7.42. The third-order valence-electron chi connectivity index (χ3n) is 4.68. The van der Waals surface area contributed by atoms with Crippen molar-refractivity contribution >= 4 is 5.69 Å². The Morgan fingerprint density at radius 2 is 2.22 bits per heavy atom. The second-order valence-electron chi connectivity index (χ2n) is 5.82. The largest absolute Gasteiger partial charge is 0.384 e. The Kier molecular flexibility index (Phi) is 3.55. The predicted molar refractivity (Wildman–Crippen MR) is 77.1 cm³/mol. The van der Waals surface area contributed by atoms with Gasteiger partial charge >= 0.3 is 0 Å². The number of hydrogen-bond acceptors (Lipinski definition) is 2. The molecule has 2 unspecified atom stereocenters. The summed E-state index contributed by atoms with van der Waals surface area (Å²) in [6, 6.07) is 8.79. The van der Waals surface area contributed by atoms with E-state index < -0.39 is 0 Å². The average Bonchev–Trinajstić information content (AvgIpc) is 3.03. The molecule has 2 atom stereocenters. The second kappa shape index (κ2) is 5.31. The fourth-order valence-electron chi connectivity index (χ4n) is 3.40. The Hall–Kier alpha value is -1.02. The van der Waals surface area contributed by atoms with Crippen LogP contribution in [0.2, 0.25) is 0 Å². The zero-order valence-electron chi connectivity index (χ0n) is 11.4. The first-order chi connectivity index (χ1) is 8.86. The minimum Gasteiger partial charge on any atom is -0.384 e. The van der Waals surface area contributed by atoms with Crippen molar-refractivity contribution in [2.24, 2.45) is 5.92 Å². The molecule has 0 amide bonds. The fraction of sp³-hybridized carbons (Fsp3) is 0.625. The number of hydrogen-bond donors (Lipinski definition) is 1. The molecule has 0 aliphatic carbocycles. The fourth-order valence-corrected chi connectivity index (χ4v) is 3.40. The van der Waals surface area contributed by atoms with E-state index in [1.54, 1.807) is 0 Å². The van der Waals surface area contributed by atoms with Crippen LogP contribution in [0.25, 0.3) is 0 Å². The van der Waals surface area contributed by atoms with Crippen LogP contribution in [0.1, 0.15) is 37.7 Å². The summed E-state index contributed by atoms with van der Waals surface area (Å²) < 4.78 is 0. The summed E-state index contributed by atoms with van der Waals surface area (Å²) >= 11 is 0. The van der Waals surface area contributed by atoms with E-state index in [9.17, 15) is 0 Å². The first kappa shape index (κ1) is 12.0. The quantitative estimate of drug-likeness (QED) is 0.874. The summed E-state index contributed by atoms with van der Waals surface area (Å²) in [6.07, 6.45) is 4.07. The molecule has 2 nitrogen and oxygen atoms in total. The Morgan fingerprint density at radius 3 is 3.06 bits per heavy atom. The molecule has 0 radical (unpaired) electrons. The van der Waals surface area contributed by atoms with E-state index in [-0.39, 0.29) is 0 Å². The number of nitrogens with zero attached hydrogens (tertiary/aromatic N) is 1. The maximum atomic E-state index is 3.53. The van der Waals surface area contributed by atoms with Crippen molar-refractivity contribution in [3.05, 3.63) is 29.8 Å². The summed E-state index contributed by atoms with van der Waals surface area (Å²) in [6.45, 7) is 7.38. The molecule has 0 aromatic heterocycles. The number of para-hydroxylation sites is 1. The van der Waals surface area contributed by atoms with Crippen molar-refractivity contribution in [3.63, 3.8) is 0 Å². The van der Waals surface area contributed by atoms with Crippen molar-refractivity contribution in [2.45, 2.75) is 32.1 Å². The SMILES string of the molecule is CCC1CCN(CCC2CNc3ccccc32)C1. The van der Waals surface area contributed by atoms with Gasteiger partial charge in [0.25, 0.3) is 0 Å². The highest BCUT2D eigenvalue weighted by Gasteiger charge is 2.24. The third-order valence-corrected chi connectivity index (χ3v) is 4.68. The highest BCUT2D eigenvalue weighted by atomic mass is 15.1. The molecule has 18 heavy (non-hydrogen) atoms. The molecule has 3 rings (SSSR count). The molecule has 2 heterocycles. The van der Waals surface area contributed by atoms with Gasteiger partial charge in [-0.1, -0.05) is 31.5 Å². The lowest BCUT2D eigenvalue weighted by Crippen LogP contribution is -2.23. The Morgan fingerprint density at radius 1 is 1.33 bits per heavy atom. The van der Waals surface area contributed by atoms with Gasteiger partial charge in [0.15, 0.2) is 0 Å². The highest BCUT2D eigenvalue weighted by molar-refractivity contribution is 5.57. The van der Waals surface area contributed by atoms with Crippen LogP contribution in [0.4, 0.5) is 5.69 Å². The van der Waals surface area contributed by atoms with E-state index >= 15 is 0 Å². The van der Waals surface area contributed by atoms with Crippen molar-refractivity contribution in [3.8, 4) is 0 Å². The molecule has 2 aliphatic rings. The molecule has 1 N–H and O–H groups in total. The minimum absolute atomic E-state index is 0.724. The Bertz CT molecular complexity index is 402. The molecule has 0 bridgehead atoms. The molecule has 1 saturated heterocycles. The summed E-state index contributed by atoms with van der Waals surface area (Å²) in [7, 11) is 0. The lowest BCUT2D eigenvalue weighted by molar-refractivity contribution is 0.310. The van der Waals surface area contributed by atoms with Gasteiger partial charge in [-0.25, -0.2) is 0 Å². The Labute approximate surface area is 110 Å². The molecule has 2 heteroatoms. The van der Waals surface area contributed by atoms with E-state index in [1.165, 1.54) is 50.1 Å². The van der Waals surface area contributed by atoms with Gasteiger partial charge in [-0.3, -0.25) is 0 Å². The van der Waals surface area contributed by atoms with Crippen molar-refractivity contribution in [1.82, 2.24) is 4.90 Å². The van der Waals surface area contributed by atoms with Crippen LogP contribution in [0.3, 0.4) is 0 Å². The van der Waals surface area contributed by atoms with Gasteiger partial charge in [0.05, 0.1) is 0 Å². The number of benzene rings is 1. The summed E-state index contributed by atoms with van der Waals surface area (Å²) in [5, 5.41) is 3.53. The number of likely N-dealkylation sites (tertiary alicyclic amines) is 1. The summed E-state index contributed by atoms with van der Waals surface area (Å²) in [5.74, 6) is 1.68. The van der Waals surface area contributed by atoms with Crippen LogP contribution in [0.5, 0.6) is 0 Å². The first-order valence-corrected chi connectivity index (χ1v) is 7.42. The van der Waals surface area contributed by atoms with Gasteiger partial charge in [-0.05, 0) is 43.5 Å². The number of fused-ring (bicyclic) bond motifs is 1. The molecular formula is C16H24N2. The minimum atomic E-state index is 0.724. The Balaban J connectivity index is 1.53. The van der Waals surface area contributed by atoms with Gasteiger partial charge in [0.1, 0.15) is 0 Å². The van der Waals surface area contributed by atoms with Gasteiger partial charge in [0, 0.05) is 24.7 Å². The molecule has 1 aromatic rings. The van der Waals surface area contributed by atoms with Crippen LogP contribution >= 0.6 is 0 Å². The maximum absolute atomic E-state index is 3.53. The number of nitrogens with one attached hydrogen (secondary N) is 1. The van der Waals surface area contributed by atoms with Crippen LogP contribution in [0, 0.1) is 5.92 Å². The summed E-state index contributed by atoms with van der Waals surface area (Å²) in [4.78, 5) is 2.66.